The van der Waals surface area contributed by atoms with Crippen LogP contribution in [0.25, 0.3) is 0 Å². The monoisotopic (exact) mass is 281 g/mol. The van der Waals surface area contributed by atoms with E-state index in [2.05, 4.69) is 10.5 Å². The summed E-state index contributed by atoms with van der Waals surface area (Å²) in [6, 6.07) is 4.71. The van der Waals surface area contributed by atoms with E-state index in [0.29, 0.717) is 17.0 Å². The van der Waals surface area contributed by atoms with Gasteiger partial charge in [0.05, 0.1) is 12.8 Å². The molecule has 7 heteroatoms. The summed E-state index contributed by atoms with van der Waals surface area (Å²) in [5.74, 6) is 0.326. The smallest absolute Gasteiger partial charge is 0.412 e. The second-order valence-corrected chi connectivity index (χ2v) is 5.03. The lowest BCUT2D eigenvalue weighted by molar-refractivity contribution is 0.0635. The highest BCUT2D eigenvalue weighted by Crippen LogP contribution is 2.26. The first-order valence-corrected chi connectivity index (χ1v) is 5.93. The number of rotatable bonds is 3. The van der Waals surface area contributed by atoms with Crippen LogP contribution >= 0.6 is 0 Å². The maximum atomic E-state index is 11.7. The first kappa shape index (κ1) is 15.6. The summed E-state index contributed by atoms with van der Waals surface area (Å²) >= 11 is 0. The Morgan fingerprint density at radius 2 is 2.05 bits per heavy atom. The molecule has 0 aromatic heterocycles. The molecule has 0 saturated carbocycles. The summed E-state index contributed by atoms with van der Waals surface area (Å²) in [6.07, 6.45) is -0.590. The van der Waals surface area contributed by atoms with E-state index in [1.807, 2.05) is 0 Å². The number of carbonyl (C=O) groups is 1. The van der Waals surface area contributed by atoms with Gasteiger partial charge in [0.15, 0.2) is 5.84 Å². The van der Waals surface area contributed by atoms with Crippen LogP contribution in [0.3, 0.4) is 0 Å². The Balaban J connectivity index is 2.94. The molecule has 0 heterocycles. The van der Waals surface area contributed by atoms with Crippen LogP contribution in [0.4, 0.5) is 10.5 Å². The topological polar surface area (TPSA) is 106 Å². The Labute approximate surface area is 117 Å². The molecule has 1 amide bonds. The van der Waals surface area contributed by atoms with Crippen molar-refractivity contribution >= 4 is 17.6 Å². The molecule has 4 N–H and O–H groups in total. The predicted octanol–water partition coefficient (Wildman–Crippen LogP) is 2.14. The van der Waals surface area contributed by atoms with E-state index >= 15 is 0 Å². The molecule has 0 spiro atoms. The summed E-state index contributed by atoms with van der Waals surface area (Å²) < 4.78 is 10.3. The number of benzene rings is 1. The number of amidine groups is 1. The van der Waals surface area contributed by atoms with Crippen molar-refractivity contribution in [3.63, 3.8) is 0 Å². The fourth-order valence-corrected chi connectivity index (χ4v) is 1.43. The predicted molar refractivity (Wildman–Crippen MR) is 75.4 cm³/mol. The average Bonchev–Trinajstić information content (AvgIpc) is 2.36. The highest BCUT2D eigenvalue weighted by Gasteiger charge is 2.17. The normalized spacial score (nSPS) is 11.9. The van der Waals surface area contributed by atoms with Crippen molar-refractivity contribution in [2.45, 2.75) is 26.4 Å². The van der Waals surface area contributed by atoms with Gasteiger partial charge in [0.1, 0.15) is 11.4 Å². The van der Waals surface area contributed by atoms with Crippen LogP contribution in [0.15, 0.2) is 23.4 Å². The third-order valence-electron chi connectivity index (χ3n) is 2.24. The summed E-state index contributed by atoms with van der Waals surface area (Å²) in [6.45, 7) is 5.31. The first-order valence-electron chi connectivity index (χ1n) is 5.93. The Hall–Kier alpha value is -2.44. The summed E-state index contributed by atoms with van der Waals surface area (Å²) in [4.78, 5) is 11.7. The number of hydrogen-bond donors (Lipinski definition) is 3. The van der Waals surface area contributed by atoms with Gasteiger partial charge >= 0.3 is 6.09 Å². The van der Waals surface area contributed by atoms with Gasteiger partial charge in [0, 0.05) is 5.56 Å². The molecule has 1 rings (SSSR count). The van der Waals surface area contributed by atoms with Gasteiger partial charge in [0.25, 0.3) is 0 Å². The first-order chi connectivity index (χ1) is 9.26. The fraction of sp³-hybridized carbons (Fsp3) is 0.385. The van der Waals surface area contributed by atoms with Crippen LogP contribution in [-0.4, -0.2) is 29.8 Å². The van der Waals surface area contributed by atoms with Crippen LogP contribution in [0.5, 0.6) is 5.75 Å². The summed E-state index contributed by atoms with van der Waals surface area (Å²) in [5, 5.41) is 14.1. The molecule has 7 nitrogen and oxygen atoms in total. The molecule has 0 bridgehead atoms. The third-order valence-corrected chi connectivity index (χ3v) is 2.24. The number of nitrogens with zero attached hydrogens (tertiary/aromatic N) is 1. The lowest BCUT2D eigenvalue weighted by Gasteiger charge is -2.20. The van der Waals surface area contributed by atoms with Gasteiger partial charge in [-0.15, -0.1) is 0 Å². The number of hydrogen-bond acceptors (Lipinski definition) is 5. The molecular formula is C13H19N3O4. The van der Waals surface area contributed by atoms with Crippen molar-refractivity contribution in [3.8, 4) is 5.75 Å². The number of anilines is 1. The Morgan fingerprint density at radius 1 is 1.40 bits per heavy atom. The van der Waals surface area contributed by atoms with E-state index in [0.717, 1.165) is 0 Å². The number of amides is 1. The second kappa shape index (κ2) is 6.14. The maximum Gasteiger partial charge on any atom is 0.412 e. The van der Waals surface area contributed by atoms with Gasteiger partial charge < -0.3 is 20.4 Å². The van der Waals surface area contributed by atoms with Crippen molar-refractivity contribution in [1.82, 2.24) is 0 Å². The van der Waals surface area contributed by atoms with Gasteiger partial charge in [-0.1, -0.05) is 5.16 Å². The zero-order valence-corrected chi connectivity index (χ0v) is 11.9. The lowest BCUT2D eigenvalue weighted by Crippen LogP contribution is -2.27. The molecule has 0 unspecified atom stereocenters. The molecule has 0 fully saturated rings. The molecule has 1 aromatic rings. The highest BCUT2D eigenvalue weighted by atomic mass is 16.6. The van der Waals surface area contributed by atoms with E-state index < -0.39 is 11.7 Å². The van der Waals surface area contributed by atoms with Crippen LogP contribution in [-0.2, 0) is 4.74 Å². The van der Waals surface area contributed by atoms with Crippen LogP contribution in [0, 0.1) is 0 Å². The number of ether oxygens (including phenoxy) is 2. The van der Waals surface area contributed by atoms with Crippen molar-refractivity contribution in [3.05, 3.63) is 23.8 Å². The minimum atomic E-state index is -0.592. The summed E-state index contributed by atoms with van der Waals surface area (Å²) in [5.41, 5.74) is 5.79. The van der Waals surface area contributed by atoms with E-state index in [1.54, 1.807) is 39.0 Å². The van der Waals surface area contributed by atoms with Crippen molar-refractivity contribution < 1.29 is 19.5 Å². The van der Waals surface area contributed by atoms with Crippen molar-refractivity contribution in [2.75, 3.05) is 12.4 Å². The van der Waals surface area contributed by atoms with E-state index in [4.69, 9.17) is 20.4 Å². The summed E-state index contributed by atoms with van der Waals surface area (Å²) in [7, 11) is 1.45. The molecule has 0 radical (unpaired) electrons. The molecule has 1 aromatic carbocycles. The van der Waals surface area contributed by atoms with Crippen LogP contribution in [0.2, 0.25) is 0 Å². The Kier molecular flexibility index (Phi) is 4.79. The quantitative estimate of drug-likeness (QED) is 0.340. The van der Waals surface area contributed by atoms with Crippen LogP contribution in [0.1, 0.15) is 26.3 Å². The molecule has 0 aliphatic rings. The largest absolute Gasteiger partial charge is 0.495 e. The molecular weight excluding hydrogens is 262 g/mol. The fourth-order valence-electron chi connectivity index (χ4n) is 1.43. The number of methoxy groups -OCH3 is 1. The maximum absolute atomic E-state index is 11.7. The highest BCUT2D eigenvalue weighted by molar-refractivity contribution is 5.98. The van der Waals surface area contributed by atoms with Crippen molar-refractivity contribution in [1.29, 1.82) is 0 Å². The molecule has 0 aliphatic heterocycles. The SMILES string of the molecule is COc1cc(/C(N)=N/O)ccc1NC(=O)OC(C)(C)C. The van der Waals surface area contributed by atoms with Gasteiger partial charge in [0.2, 0.25) is 0 Å². The van der Waals surface area contributed by atoms with Gasteiger partial charge in [-0.05, 0) is 39.0 Å². The molecule has 20 heavy (non-hydrogen) atoms. The van der Waals surface area contributed by atoms with E-state index in [-0.39, 0.29) is 5.84 Å². The number of nitrogens with two attached hydrogens (primary N) is 1. The van der Waals surface area contributed by atoms with E-state index in [9.17, 15) is 4.79 Å². The molecule has 110 valence electrons. The minimum absolute atomic E-state index is 0.0490. The van der Waals surface area contributed by atoms with Gasteiger partial charge in [-0.25, -0.2) is 4.79 Å². The van der Waals surface area contributed by atoms with Crippen molar-refractivity contribution in [2.24, 2.45) is 10.9 Å². The number of nitrogens with one attached hydrogen (secondary N) is 1. The number of carbonyl (C=O) groups excluding carboxylic acids is 1. The lowest BCUT2D eigenvalue weighted by atomic mass is 10.1. The zero-order chi connectivity index (χ0) is 15.3. The Morgan fingerprint density at radius 3 is 2.55 bits per heavy atom. The van der Waals surface area contributed by atoms with E-state index in [1.165, 1.54) is 7.11 Å². The molecule has 0 aliphatic carbocycles. The minimum Gasteiger partial charge on any atom is -0.495 e. The molecule has 0 saturated heterocycles. The molecule has 0 atom stereocenters. The second-order valence-electron chi connectivity index (χ2n) is 5.03. The van der Waals surface area contributed by atoms with Crippen LogP contribution < -0.4 is 15.8 Å². The third kappa shape index (κ3) is 4.34. The van der Waals surface area contributed by atoms with Gasteiger partial charge in [-0.3, -0.25) is 5.32 Å². The average molecular weight is 281 g/mol. The standard InChI is InChI=1S/C13H19N3O4/c1-13(2,3)20-12(17)15-9-6-5-8(11(14)16-18)7-10(9)19-4/h5-7,18H,1-4H3,(H2,14,16)(H,15,17). The Bertz CT molecular complexity index is 521. The van der Waals surface area contributed by atoms with Gasteiger partial charge in [-0.2, -0.15) is 0 Å². The zero-order valence-electron chi connectivity index (χ0n) is 11.9. The number of oxime groups is 1.